The Balaban J connectivity index is 1.27. The van der Waals surface area contributed by atoms with Crippen molar-refractivity contribution in [2.24, 2.45) is 0 Å². The first-order valence-electron chi connectivity index (χ1n) is 10.4. The first kappa shape index (κ1) is 21.4. The zero-order valence-electron chi connectivity index (χ0n) is 17.7. The normalized spacial score (nSPS) is 12.2. The number of hydrogen-bond acceptors (Lipinski definition) is 6. The molecule has 0 aliphatic carbocycles. The maximum absolute atomic E-state index is 12.8. The van der Waals surface area contributed by atoms with Gasteiger partial charge in [0.15, 0.2) is 0 Å². The highest BCUT2D eigenvalue weighted by Crippen LogP contribution is 2.31. The summed E-state index contributed by atoms with van der Waals surface area (Å²) in [5.74, 6) is 0.864. The largest absolute Gasteiger partial charge is 0.324 e. The van der Waals surface area contributed by atoms with Gasteiger partial charge in [0, 0.05) is 16.3 Å². The first-order valence-corrected chi connectivity index (χ1v) is 12.3. The molecule has 2 aromatic carbocycles. The van der Waals surface area contributed by atoms with E-state index in [2.05, 4.69) is 20.3 Å². The molecule has 1 amide bonds. The van der Waals surface area contributed by atoms with Crippen molar-refractivity contribution in [2.45, 2.75) is 17.9 Å². The Morgan fingerprint density at radius 1 is 1.15 bits per heavy atom. The van der Waals surface area contributed by atoms with Gasteiger partial charge in [-0.25, -0.2) is 4.98 Å². The Morgan fingerprint density at radius 3 is 2.79 bits per heavy atom. The number of aromatic nitrogens is 3. The number of carbonyl (C=O) groups is 1. The predicted octanol–water partition coefficient (Wildman–Crippen LogP) is 5.46. The smallest absolute Gasteiger partial charge is 0.260 e. The summed E-state index contributed by atoms with van der Waals surface area (Å²) in [5, 5.41) is 6.13. The number of benzene rings is 2. The maximum Gasteiger partial charge on any atom is 0.260 e. The van der Waals surface area contributed by atoms with Gasteiger partial charge in [0.1, 0.15) is 10.7 Å². The molecule has 8 heteroatoms. The van der Waals surface area contributed by atoms with Crippen molar-refractivity contribution in [3.05, 3.63) is 88.4 Å². The van der Waals surface area contributed by atoms with Gasteiger partial charge >= 0.3 is 0 Å². The third-order valence-electron chi connectivity index (χ3n) is 5.28. The minimum atomic E-state index is -0.333. The summed E-state index contributed by atoms with van der Waals surface area (Å²) >= 11 is 2.87. The average molecular weight is 473 g/mol. The zero-order valence-corrected chi connectivity index (χ0v) is 19.4. The second-order valence-electron chi connectivity index (χ2n) is 7.57. The van der Waals surface area contributed by atoms with Crippen LogP contribution in [0.3, 0.4) is 0 Å². The summed E-state index contributed by atoms with van der Waals surface area (Å²) < 4.78 is 0. The van der Waals surface area contributed by atoms with E-state index in [1.807, 2.05) is 73.0 Å². The van der Waals surface area contributed by atoms with Gasteiger partial charge in [0.2, 0.25) is 5.91 Å². The minimum Gasteiger partial charge on any atom is -0.324 e. The van der Waals surface area contributed by atoms with Gasteiger partial charge in [-0.1, -0.05) is 48.5 Å². The lowest BCUT2D eigenvalue weighted by Gasteiger charge is -2.12. The molecule has 1 unspecified atom stereocenters. The van der Waals surface area contributed by atoms with Gasteiger partial charge in [-0.05, 0) is 24.6 Å². The monoisotopic (exact) mass is 472 g/mol. The second kappa shape index (κ2) is 9.17. The Morgan fingerprint density at radius 2 is 1.94 bits per heavy atom. The van der Waals surface area contributed by atoms with E-state index in [1.54, 1.807) is 6.20 Å². The van der Waals surface area contributed by atoms with Crippen LogP contribution >= 0.6 is 23.1 Å². The van der Waals surface area contributed by atoms with Crippen molar-refractivity contribution in [3.8, 4) is 11.1 Å². The van der Waals surface area contributed by atoms with Gasteiger partial charge in [-0.3, -0.25) is 14.6 Å². The van der Waals surface area contributed by atoms with Gasteiger partial charge in [0.25, 0.3) is 5.56 Å². The Labute approximate surface area is 198 Å². The molecular formula is C25H20N4O2S2. The van der Waals surface area contributed by atoms with Gasteiger partial charge in [0.05, 0.1) is 33.8 Å². The number of hydrogen-bond donors (Lipinski definition) is 2. The van der Waals surface area contributed by atoms with E-state index in [1.165, 1.54) is 23.1 Å². The Bertz CT molecular complexity index is 1510. The highest BCUT2D eigenvalue weighted by molar-refractivity contribution is 7.99. The van der Waals surface area contributed by atoms with Crippen molar-refractivity contribution in [1.29, 1.82) is 0 Å². The van der Waals surface area contributed by atoms with Crippen LogP contribution in [0, 0.1) is 0 Å². The lowest BCUT2D eigenvalue weighted by Crippen LogP contribution is -2.23. The summed E-state index contributed by atoms with van der Waals surface area (Å²) in [6, 6.07) is 19.5. The molecule has 0 radical (unpaired) electrons. The third kappa shape index (κ3) is 4.53. The van der Waals surface area contributed by atoms with Gasteiger partial charge in [-0.2, -0.15) is 0 Å². The van der Waals surface area contributed by atoms with Crippen LogP contribution < -0.4 is 10.9 Å². The van der Waals surface area contributed by atoms with E-state index in [4.69, 9.17) is 0 Å². The van der Waals surface area contributed by atoms with Crippen LogP contribution in [0.25, 0.3) is 32.2 Å². The van der Waals surface area contributed by atoms with Crippen LogP contribution in [0.2, 0.25) is 0 Å². The number of amides is 1. The quantitative estimate of drug-likeness (QED) is 0.343. The van der Waals surface area contributed by atoms with E-state index in [0.29, 0.717) is 27.5 Å². The number of anilines is 1. The van der Waals surface area contributed by atoms with E-state index in [-0.39, 0.29) is 16.7 Å². The second-order valence-corrected chi connectivity index (χ2v) is 9.75. The molecule has 2 N–H and O–H groups in total. The topological polar surface area (TPSA) is 87.7 Å². The molecule has 0 saturated heterocycles. The molecule has 6 nitrogen and oxygen atoms in total. The van der Waals surface area contributed by atoms with Crippen molar-refractivity contribution < 1.29 is 4.79 Å². The van der Waals surface area contributed by atoms with Crippen LogP contribution in [0.1, 0.15) is 12.7 Å². The number of thiophene rings is 1. The predicted molar refractivity (Wildman–Crippen MR) is 137 cm³/mol. The zero-order chi connectivity index (χ0) is 22.8. The van der Waals surface area contributed by atoms with Gasteiger partial charge < -0.3 is 10.3 Å². The number of nitrogens with one attached hydrogen (secondary N) is 2. The van der Waals surface area contributed by atoms with Crippen LogP contribution in [0.4, 0.5) is 5.69 Å². The number of para-hydroxylation sites is 1. The van der Waals surface area contributed by atoms with Crippen molar-refractivity contribution in [1.82, 2.24) is 15.0 Å². The van der Waals surface area contributed by atoms with E-state index in [9.17, 15) is 9.59 Å². The fourth-order valence-corrected chi connectivity index (χ4v) is 5.28. The lowest BCUT2D eigenvalue weighted by molar-refractivity contribution is -0.115. The fraction of sp³-hybridized carbons (Fsp3) is 0.120. The minimum absolute atomic E-state index is 0.122. The number of aromatic amines is 1. The lowest BCUT2D eigenvalue weighted by atomic mass is 10.1. The summed E-state index contributed by atoms with van der Waals surface area (Å²) in [7, 11) is 0. The molecule has 0 spiro atoms. The Kier molecular flexibility index (Phi) is 5.93. The molecule has 0 saturated carbocycles. The average Bonchev–Trinajstić information content (AvgIpc) is 3.27. The van der Waals surface area contributed by atoms with Crippen LogP contribution in [0.5, 0.6) is 0 Å². The highest BCUT2D eigenvalue weighted by Gasteiger charge is 2.17. The molecule has 164 valence electrons. The summed E-state index contributed by atoms with van der Waals surface area (Å²) in [6.07, 6.45) is 1.66. The standard InChI is InChI=1S/C25H20N4O2S2/c1-15(23(30)27-18-11-17-9-5-6-10-20(17)26-12-18)32-14-21-28-24(31)22-19(13-33-25(22)29-21)16-7-3-2-4-8-16/h2-13,15H,14H2,1H3,(H,27,30)(H,28,29,31). The SMILES string of the molecule is CC(SCc1nc2scc(-c3ccccc3)c2c(=O)[nH]1)C(=O)Nc1cnc2ccccc2c1. The molecule has 0 bridgehead atoms. The number of pyridine rings is 1. The van der Waals surface area contributed by atoms with Crippen LogP contribution in [0.15, 0.2) is 77.0 Å². The molecule has 0 aliphatic rings. The van der Waals surface area contributed by atoms with Gasteiger partial charge in [-0.15, -0.1) is 23.1 Å². The van der Waals surface area contributed by atoms with Crippen molar-refractivity contribution in [2.75, 3.05) is 5.32 Å². The van der Waals surface area contributed by atoms with Crippen LogP contribution in [-0.2, 0) is 10.5 Å². The van der Waals surface area contributed by atoms with E-state index in [0.717, 1.165) is 22.0 Å². The van der Waals surface area contributed by atoms with E-state index >= 15 is 0 Å². The third-order valence-corrected chi connectivity index (χ3v) is 7.30. The van der Waals surface area contributed by atoms with Crippen LogP contribution in [-0.4, -0.2) is 26.1 Å². The molecule has 5 aromatic rings. The molecule has 5 rings (SSSR count). The number of thioether (sulfide) groups is 1. The molecular weight excluding hydrogens is 452 g/mol. The highest BCUT2D eigenvalue weighted by atomic mass is 32.2. The molecule has 0 aliphatic heterocycles. The summed E-state index contributed by atoms with van der Waals surface area (Å²) in [4.78, 5) is 38.1. The van der Waals surface area contributed by atoms with E-state index < -0.39 is 0 Å². The Hall–Kier alpha value is -3.49. The van der Waals surface area contributed by atoms with Crippen molar-refractivity contribution >= 4 is 55.8 Å². The van der Waals surface area contributed by atoms with Crippen molar-refractivity contribution in [3.63, 3.8) is 0 Å². The maximum atomic E-state index is 12.8. The molecule has 1 atom stereocenters. The number of carbonyl (C=O) groups excluding carboxylic acids is 1. The number of H-pyrrole nitrogens is 1. The molecule has 0 fully saturated rings. The summed E-state index contributed by atoms with van der Waals surface area (Å²) in [5.41, 5.74) is 3.26. The summed E-state index contributed by atoms with van der Waals surface area (Å²) in [6.45, 7) is 1.84. The number of nitrogens with zero attached hydrogens (tertiary/aromatic N) is 2. The first-order chi connectivity index (χ1) is 16.1. The molecule has 3 heterocycles. The molecule has 33 heavy (non-hydrogen) atoms. The number of fused-ring (bicyclic) bond motifs is 2. The fourth-order valence-electron chi connectivity index (χ4n) is 3.55. The molecule has 3 aromatic heterocycles. The number of rotatable bonds is 6.